The largest absolute Gasteiger partial charge is 0.399 e. The third-order valence-electron chi connectivity index (χ3n) is 3.56. The molecule has 4 heteroatoms. The van der Waals surface area contributed by atoms with Gasteiger partial charge in [-0.05, 0) is 55.7 Å². The number of nitrogens with two attached hydrogens (primary N) is 1. The third-order valence-corrected chi connectivity index (χ3v) is 4.38. The smallest absolute Gasteiger partial charge is 0.248 e. The molecular weight excluding hydrogens is 352 g/mol. The summed E-state index contributed by atoms with van der Waals surface area (Å²) in [4.78, 5) is 12.8. The standard InChI is InChI=1S/C16H15NOS.C7H9N/c1-13-7-9-14(10-8-13)17-16(18)11-12-19-15-5-3-2-4-6-15;1-6-2-4-7(8)5-3-6/h2-12H,1H3,(H,17,18);2-5H,8H2,1H3. The first-order chi connectivity index (χ1) is 13.0. The fraction of sp³-hybridized carbons (Fsp3) is 0.0870. The number of rotatable bonds is 4. The van der Waals surface area contributed by atoms with Crippen LogP contribution in [0.15, 0.2) is 95.2 Å². The molecule has 3 rings (SSSR count). The van der Waals surface area contributed by atoms with Gasteiger partial charge in [0.05, 0.1) is 0 Å². The van der Waals surface area contributed by atoms with E-state index in [2.05, 4.69) is 5.32 Å². The van der Waals surface area contributed by atoms with Crippen LogP contribution in [0.4, 0.5) is 11.4 Å². The normalized spacial score (nSPS) is 10.1. The summed E-state index contributed by atoms with van der Waals surface area (Å²) in [6.07, 6.45) is 1.54. The maximum atomic E-state index is 11.7. The van der Waals surface area contributed by atoms with Crippen molar-refractivity contribution in [1.29, 1.82) is 0 Å². The maximum Gasteiger partial charge on any atom is 0.248 e. The molecule has 0 aliphatic heterocycles. The second-order valence-corrected chi connectivity index (χ2v) is 6.98. The highest BCUT2D eigenvalue weighted by Crippen LogP contribution is 2.18. The van der Waals surface area contributed by atoms with Crippen LogP contribution < -0.4 is 11.1 Å². The molecule has 0 spiro atoms. The second-order valence-electron chi connectivity index (χ2n) is 6.00. The summed E-state index contributed by atoms with van der Waals surface area (Å²) >= 11 is 1.52. The Bertz CT molecular complexity index is 836. The van der Waals surface area contributed by atoms with E-state index in [1.807, 2.05) is 92.7 Å². The van der Waals surface area contributed by atoms with Crippen LogP contribution in [0.1, 0.15) is 11.1 Å². The van der Waals surface area contributed by atoms with Gasteiger partial charge in [0.1, 0.15) is 0 Å². The average molecular weight is 377 g/mol. The molecule has 0 radical (unpaired) electrons. The number of carbonyl (C=O) groups is 1. The Morgan fingerprint density at radius 3 is 1.96 bits per heavy atom. The van der Waals surface area contributed by atoms with Crippen molar-refractivity contribution < 1.29 is 4.79 Å². The van der Waals surface area contributed by atoms with Crippen LogP contribution in [0, 0.1) is 13.8 Å². The summed E-state index contributed by atoms with van der Waals surface area (Å²) in [5, 5.41) is 4.61. The molecule has 0 heterocycles. The quantitative estimate of drug-likeness (QED) is 0.343. The zero-order chi connectivity index (χ0) is 19.5. The second kappa shape index (κ2) is 10.9. The Hall–Kier alpha value is -2.98. The van der Waals surface area contributed by atoms with Crippen molar-refractivity contribution in [3.63, 3.8) is 0 Å². The Balaban J connectivity index is 0.000000273. The summed E-state index contributed by atoms with van der Waals surface area (Å²) in [6.45, 7) is 4.06. The van der Waals surface area contributed by atoms with Crippen molar-refractivity contribution in [2.45, 2.75) is 18.7 Å². The van der Waals surface area contributed by atoms with Crippen molar-refractivity contribution in [3.8, 4) is 0 Å². The van der Waals surface area contributed by atoms with E-state index in [0.29, 0.717) is 0 Å². The lowest BCUT2D eigenvalue weighted by atomic mass is 10.2. The summed E-state index contributed by atoms with van der Waals surface area (Å²) in [6, 6.07) is 25.4. The zero-order valence-corrected chi connectivity index (χ0v) is 16.4. The first-order valence-electron chi connectivity index (χ1n) is 8.61. The van der Waals surface area contributed by atoms with Crippen molar-refractivity contribution in [3.05, 3.63) is 101 Å². The lowest BCUT2D eigenvalue weighted by molar-refractivity contribution is -0.111. The van der Waals surface area contributed by atoms with Gasteiger partial charge in [0, 0.05) is 22.3 Å². The Morgan fingerprint density at radius 2 is 1.41 bits per heavy atom. The SMILES string of the molecule is Cc1ccc(N)cc1.Cc1ccc(NC(=O)C=CSc2ccccc2)cc1. The van der Waals surface area contributed by atoms with Gasteiger partial charge in [-0.15, -0.1) is 0 Å². The first kappa shape index (κ1) is 20.3. The number of thioether (sulfide) groups is 1. The summed E-state index contributed by atoms with van der Waals surface area (Å²) in [7, 11) is 0. The third kappa shape index (κ3) is 8.29. The predicted octanol–water partition coefficient (Wildman–Crippen LogP) is 5.82. The Labute approximate surface area is 165 Å². The van der Waals surface area contributed by atoms with E-state index in [-0.39, 0.29) is 5.91 Å². The molecule has 3 N–H and O–H groups in total. The number of aryl methyl sites for hydroxylation is 2. The molecule has 0 aliphatic carbocycles. The van der Waals surface area contributed by atoms with E-state index >= 15 is 0 Å². The van der Waals surface area contributed by atoms with E-state index < -0.39 is 0 Å². The molecule has 3 aromatic carbocycles. The highest BCUT2D eigenvalue weighted by Gasteiger charge is 1.97. The van der Waals surface area contributed by atoms with Crippen LogP contribution in [0.2, 0.25) is 0 Å². The number of carbonyl (C=O) groups excluding carboxylic acids is 1. The predicted molar refractivity (Wildman–Crippen MR) is 117 cm³/mol. The van der Waals surface area contributed by atoms with Gasteiger partial charge < -0.3 is 11.1 Å². The van der Waals surface area contributed by atoms with Gasteiger partial charge in [0.2, 0.25) is 5.91 Å². The van der Waals surface area contributed by atoms with E-state index in [4.69, 9.17) is 5.73 Å². The average Bonchev–Trinajstić information content (AvgIpc) is 2.67. The number of nitrogens with one attached hydrogen (secondary N) is 1. The lowest BCUT2D eigenvalue weighted by Gasteiger charge is -2.02. The van der Waals surface area contributed by atoms with Crippen LogP contribution >= 0.6 is 11.8 Å². The lowest BCUT2D eigenvalue weighted by Crippen LogP contribution is -2.07. The van der Waals surface area contributed by atoms with Crippen molar-refractivity contribution in [1.82, 2.24) is 0 Å². The van der Waals surface area contributed by atoms with Gasteiger partial charge >= 0.3 is 0 Å². The van der Waals surface area contributed by atoms with Gasteiger partial charge in [0.15, 0.2) is 0 Å². The molecule has 0 bridgehead atoms. The number of nitrogen functional groups attached to an aromatic ring is 1. The fourth-order valence-corrected chi connectivity index (χ4v) is 2.72. The van der Waals surface area contributed by atoms with Crippen LogP contribution in [0.25, 0.3) is 0 Å². The molecule has 3 aromatic rings. The van der Waals surface area contributed by atoms with Gasteiger partial charge in [-0.3, -0.25) is 4.79 Å². The van der Waals surface area contributed by atoms with Crippen LogP contribution in [0.3, 0.4) is 0 Å². The van der Waals surface area contributed by atoms with Crippen molar-refractivity contribution in [2.75, 3.05) is 11.1 Å². The minimum Gasteiger partial charge on any atom is -0.399 e. The van der Waals surface area contributed by atoms with E-state index in [1.54, 1.807) is 5.41 Å². The maximum absolute atomic E-state index is 11.7. The highest BCUT2D eigenvalue weighted by atomic mass is 32.2. The van der Waals surface area contributed by atoms with E-state index in [9.17, 15) is 4.79 Å². The molecule has 27 heavy (non-hydrogen) atoms. The van der Waals surface area contributed by atoms with Gasteiger partial charge in [-0.2, -0.15) is 0 Å². The molecule has 0 fully saturated rings. The number of benzene rings is 3. The Kier molecular flexibility index (Phi) is 8.20. The number of hydrogen-bond acceptors (Lipinski definition) is 3. The Morgan fingerprint density at radius 1 is 0.852 bits per heavy atom. The molecule has 138 valence electrons. The molecule has 3 nitrogen and oxygen atoms in total. The summed E-state index contributed by atoms with van der Waals surface area (Å²) < 4.78 is 0. The topological polar surface area (TPSA) is 55.1 Å². The molecule has 0 atom stereocenters. The first-order valence-corrected chi connectivity index (χ1v) is 9.49. The van der Waals surface area contributed by atoms with Gasteiger partial charge in [0.25, 0.3) is 0 Å². The van der Waals surface area contributed by atoms with Gasteiger partial charge in [-0.25, -0.2) is 0 Å². The fourth-order valence-electron chi connectivity index (χ4n) is 2.06. The minimum absolute atomic E-state index is 0.118. The minimum atomic E-state index is -0.118. The van der Waals surface area contributed by atoms with E-state index in [1.165, 1.54) is 29.0 Å². The summed E-state index contributed by atoms with van der Waals surface area (Å²) in [5.41, 5.74) is 9.49. The number of anilines is 2. The van der Waals surface area contributed by atoms with Crippen molar-refractivity contribution >= 4 is 29.0 Å². The van der Waals surface area contributed by atoms with Crippen molar-refractivity contribution in [2.24, 2.45) is 0 Å². The molecule has 0 unspecified atom stereocenters. The van der Waals surface area contributed by atoms with Crippen LogP contribution in [-0.4, -0.2) is 5.91 Å². The monoisotopic (exact) mass is 376 g/mol. The molecule has 0 aliphatic rings. The van der Waals surface area contributed by atoms with Crippen LogP contribution in [-0.2, 0) is 4.79 Å². The molecule has 0 saturated carbocycles. The zero-order valence-electron chi connectivity index (χ0n) is 15.6. The van der Waals surface area contributed by atoms with Gasteiger partial charge in [-0.1, -0.05) is 65.4 Å². The summed E-state index contributed by atoms with van der Waals surface area (Å²) in [5.74, 6) is -0.118. The number of hydrogen-bond donors (Lipinski definition) is 2. The highest BCUT2D eigenvalue weighted by molar-refractivity contribution is 8.02. The molecule has 1 amide bonds. The molecule has 0 saturated heterocycles. The number of amides is 1. The van der Waals surface area contributed by atoms with Crippen LogP contribution in [0.5, 0.6) is 0 Å². The van der Waals surface area contributed by atoms with E-state index in [0.717, 1.165) is 16.3 Å². The molecular formula is C23H24N2OS. The molecule has 0 aromatic heterocycles.